The molecule has 1 aliphatic heterocycles. The minimum Gasteiger partial charge on any atom is -0.372 e. The SMILES string of the molecule is C=CCCCOC(C)C#C[C@H](C)[C@@H]1CO1. The van der Waals surface area contributed by atoms with Crippen molar-refractivity contribution in [1.82, 2.24) is 0 Å². The number of hydrogen-bond donors (Lipinski definition) is 0. The lowest BCUT2D eigenvalue weighted by Gasteiger charge is -2.05. The van der Waals surface area contributed by atoms with Crippen LogP contribution in [0.25, 0.3) is 0 Å². The van der Waals surface area contributed by atoms with E-state index in [9.17, 15) is 0 Å². The number of ether oxygens (including phenoxy) is 2. The van der Waals surface area contributed by atoms with Crippen LogP contribution in [0.15, 0.2) is 12.7 Å². The largest absolute Gasteiger partial charge is 0.372 e. The summed E-state index contributed by atoms with van der Waals surface area (Å²) in [6.07, 6.45) is 4.33. The van der Waals surface area contributed by atoms with Crippen LogP contribution in [-0.4, -0.2) is 25.4 Å². The molecule has 3 atom stereocenters. The van der Waals surface area contributed by atoms with Crippen LogP contribution in [0.1, 0.15) is 26.7 Å². The molecule has 0 aromatic carbocycles. The molecule has 0 aliphatic carbocycles. The van der Waals surface area contributed by atoms with Gasteiger partial charge in [0.2, 0.25) is 0 Å². The zero-order valence-corrected chi connectivity index (χ0v) is 9.66. The first-order valence-corrected chi connectivity index (χ1v) is 5.59. The van der Waals surface area contributed by atoms with Crippen molar-refractivity contribution in [1.29, 1.82) is 0 Å². The third-order valence-corrected chi connectivity index (χ3v) is 2.35. The lowest BCUT2D eigenvalue weighted by molar-refractivity contribution is 0.102. The highest BCUT2D eigenvalue weighted by Gasteiger charge is 2.27. The van der Waals surface area contributed by atoms with Crippen LogP contribution in [-0.2, 0) is 9.47 Å². The molecule has 0 amide bonds. The van der Waals surface area contributed by atoms with E-state index in [4.69, 9.17) is 9.47 Å². The average molecular weight is 208 g/mol. The Labute approximate surface area is 92.6 Å². The number of allylic oxidation sites excluding steroid dienone is 1. The van der Waals surface area contributed by atoms with Gasteiger partial charge in [0.25, 0.3) is 0 Å². The van der Waals surface area contributed by atoms with Gasteiger partial charge < -0.3 is 9.47 Å². The highest BCUT2D eigenvalue weighted by Crippen LogP contribution is 2.18. The summed E-state index contributed by atoms with van der Waals surface area (Å²) >= 11 is 0. The van der Waals surface area contributed by atoms with Gasteiger partial charge in [0, 0.05) is 12.5 Å². The van der Waals surface area contributed by atoms with Gasteiger partial charge in [-0.3, -0.25) is 0 Å². The number of epoxide rings is 1. The fourth-order valence-electron chi connectivity index (χ4n) is 1.22. The van der Waals surface area contributed by atoms with Crippen molar-refractivity contribution < 1.29 is 9.47 Å². The first-order chi connectivity index (χ1) is 7.24. The normalized spacial score (nSPS) is 22.4. The topological polar surface area (TPSA) is 21.8 Å². The molecule has 0 aromatic heterocycles. The second kappa shape index (κ2) is 6.66. The molecule has 84 valence electrons. The Bertz CT molecular complexity index is 245. The molecule has 2 heteroatoms. The predicted octanol–water partition coefficient (Wildman–Crippen LogP) is 2.40. The van der Waals surface area contributed by atoms with Crippen LogP contribution in [0, 0.1) is 17.8 Å². The van der Waals surface area contributed by atoms with Gasteiger partial charge >= 0.3 is 0 Å². The van der Waals surface area contributed by atoms with Crippen molar-refractivity contribution in [3.63, 3.8) is 0 Å². The van der Waals surface area contributed by atoms with Crippen LogP contribution in [0.4, 0.5) is 0 Å². The van der Waals surface area contributed by atoms with Gasteiger partial charge in [0.1, 0.15) is 6.10 Å². The minimum atomic E-state index is 0.0241. The van der Waals surface area contributed by atoms with Gasteiger partial charge in [0.15, 0.2) is 0 Å². The minimum absolute atomic E-state index is 0.0241. The van der Waals surface area contributed by atoms with Gasteiger partial charge in [-0.05, 0) is 26.7 Å². The highest BCUT2D eigenvalue weighted by molar-refractivity contribution is 5.09. The van der Waals surface area contributed by atoms with E-state index in [2.05, 4.69) is 25.3 Å². The monoisotopic (exact) mass is 208 g/mol. The molecule has 1 aliphatic rings. The van der Waals surface area contributed by atoms with Gasteiger partial charge in [-0.1, -0.05) is 17.9 Å². The Morgan fingerprint density at radius 3 is 2.87 bits per heavy atom. The van der Waals surface area contributed by atoms with E-state index in [0.717, 1.165) is 26.1 Å². The van der Waals surface area contributed by atoms with E-state index in [1.54, 1.807) is 0 Å². The molecule has 0 spiro atoms. The summed E-state index contributed by atoms with van der Waals surface area (Å²) in [5.74, 6) is 6.60. The summed E-state index contributed by atoms with van der Waals surface area (Å²) in [6.45, 7) is 9.37. The molecule has 2 nitrogen and oxygen atoms in total. The quantitative estimate of drug-likeness (QED) is 0.289. The van der Waals surface area contributed by atoms with Gasteiger partial charge in [0.05, 0.1) is 12.7 Å². The molecule has 0 bridgehead atoms. The fraction of sp³-hybridized carbons (Fsp3) is 0.692. The van der Waals surface area contributed by atoms with Gasteiger partial charge in [-0.15, -0.1) is 6.58 Å². The van der Waals surface area contributed by atoms with E-state index in [1.165, 1.54) is 0 Å². The standard InChI is InChI=1S/C13H20O2/c1-4-5-6-9-14-12(3)8-7-11(2)13-10-15-13/h4,11-13H,1,5-6,9-10H2,2-3H3/t11-,12?,13-/m0/s1. The smallest absolute Gasteiger partial charge is 0.115 e. The van der Waals surface area contributed by atoms with E-state index in [-0.39, 0.29) is 6.10 Å². The molecule has 1 saturated heterocycles. The third kappa shape index (κ3) is 5.61. The van der Waals surface area contributed by atoms with E-state index >= 15 is 0 Å². The van der Waals surface area contributed by atoms with E-state index in [1.807, 2.05) is 13.0 Å². The second-order valence-electron chi connectivity index (χ2n) is 3.89. The Morgan fingerprint density at radius 2 is 2.27 bits per heavy atom. The zero-order chi connectivity index (χ0) is 11.1. The van der Waals surface area contributed by atoms with Crippen molar-refractivity contribution in [2.24, 2.45) is 5.92 Å². The molecule has 15 heavy (non-hydrogen) atoms. The van der Waals surface area contributed by atoms with Gasteiger partial charge in [-0.2, -0.15) is 0 Å². The van der Waals surface area contributed by atoms with Crippen LogP contribution < -0.4 is 0 Å². The number of unbranched alkanes of at least 4 members (excludes halogenated alkanes) is 1. The van der Waals surface area contributed by atoms with Crippen LogP contribution >= 0.6 is 0 Å². The Hall–Kier alpha value is -0.780. The predicted molar refractivity (Wildman–Crippen MR) is 61.5 cm³/mol. The summed E-state index contributed by atoms with van der Waals surface area (Å²) in [7, 11) is 0. The molecule has 1 unspecified atom stereocenters. The molecule has 0 radical (unpaired) electrons. The van der Waals surface area contributed by atoms with Crippen molar-refractivity contribution >= 4 is 0 Å². The van der Waals surface area contributed by atoms with Crippen molar-refractivity contribution in [2.45, 2.75) is 38.9 Å². The van der Waals surface area contributed by atoms with Crippen molar-refractivity contribution in [3.05, 3.63) is 12.7 Å². The molecule has 0 saturated carbocycles. The Morgan fingerprint density at radius 1 is 1.53 bits per heavy atom. The summed E-state index contributed by atoms with van der Waals surface area (Å²) < 4.78 is 10.7. The summed E-state index contributed by atoms with van der Waals surface area (Å²) in [5.41, 5.74) is 0. The lowest BCUT2D eigenvalue weighted by atomic mass is 10.1. The van der Waals surface area contributed by atoms with Crippen molar-refractivity contribution in [2.75, 3.05) is 13.2 Å². The molecule has 1 rings (SSSR count). The maximum absolute atomic E-state index is 5.53. The van der Waals surface area contributed by atoms with E-state index < -0.39 is 0 Å². The highest BCUT2D eigenvalue weighted by atomic mass is 16.6. The summed E-state index contributed by atoms with van der Waals surface area (Å²) in [6, 6.07) is 0. The number of hydrogen-bond acceptors (Lipinski definition) is 2. The van der Waals surface area contributed by atoms with Crippen molar-refractivity contribution in [3.8, 4) is 11.8 Å². The zero-order valence-electron chi connectivity index (χ0n) is 9.66. The average Bonchev–Trinajstić information content (AvgIpc) is 3.04. The maximum Gasteiger partial charge on any atom is 0.115 e. The van der Waals surface area contributed by atoms with Crippen LogP contribution in [0.2, 0.25) is 0 Å². The Kier molecular flexibility index (Phi) is 5.45. The molecular formula is C13H20O2. The first kappa shape index (κ1) is 12.3. The molecule has 0 aromatic rings. The Balaban J connectivity index is 2.10. The molecule has 1 fully saturated rings. The first-order valence-electron chi connectivity index (χ1n) is 5.59. The van der Waals surface area contributed by atoms with Crippen LogP contribution in [0.5, 0.6) is 0 Å². The lowest BCUT2D eigenvalue weighted by Crippen LogP contribution is -2.08. The second-order valence-corrected chi connectivity index (χ2v) is 3.89. The molecular weight excluding hydrogens is 188 g/mol. The number of rotatable bonds is 6. The third-order valence-electron chi connectivity index (χ3n) is 2.35. The molecule has 0 N–H and O–H groups in total. The fourth-order valence-corrected chi connectivity index (χ4v) is 1.22. The maximum atomic E-state index is 5.53. The summed E-state index contributed by atoms with van der Waals surface area (Å²) in [4.78, 5) is 0. The van der Waals surface area contributed by atoms with Crippen LogP contribution in [0.3, 0.4) is 0 Å². The van der Waals surface area contributed by atoms with Gasteiger partial charge in [-0.25, -0.2) is 0 Å². The van der Waals surface area contributed by atoms with E-state index in [0.29, 0.717) is 12.0 Å². The molecule has 1 heterocycles. The summed E-state index contributed by atoms with van der Waals surface area (Å²) in [5, 5.41) is 0.